The lowest BCUT2D eigenvalue weighted by Gasteiger charge is -2.36. The van der Waals surface area contributed by atoms with Gasteiger partial charge in [-0.05, 0) is 51.1 Å². The Balaban J connectivity index is 1.88. The highest BCUT2D eigenvalue weighted by molar-refractivity contribution is 4.93. The van der Waals surface area contributed by atoms with Crippen LogP contribution < -0.4 is 10.6 Å². The fraction of sp³-hybridized carbons (Fsp3) is 1.00. The zero-order chi connectivity index (χ0) is 8.44. The van der Waals surface area contributed by atoms with E-state index in [1.807, 2.05) is 0 Å². The molecule has 0 unspecified atom stereocenters. The molecule has 1 spiro atoms. The molecule has 2 heteroatoms. The zero-order valence-corrected chi connectivity index (χ0v) is 8.03. The van der Waals surface area contributed by atoms with E-state index in [1.54, 1.807) is 0 Å². The minimum absolute atomic E-state index is 0.702. The second-order valence-corrected chi connectivity index (χ2v) is 4.49. The summed E-state index contributed by atoms with van der Waals surface area (Å²) in [6.45, 7) is 2.54. The average molecular weight is 168 g/mol. The molecule has 1 aliphatic heterocycles. The molecule has 2 rings (SSSR count). The normalized spacial score (nSPS) is 42.2. The predicted molar refractivity (Wildman–Crippen MR) is 51.2 cm³/mol. The average Bonchev–Trinajstić information content (AvgIpc) is 2.55. The molecule has 1 saturated heterocycles. The van der Waals surface area contributed by atoms with Crippen LogP contribution in [0.15, 0.2) is 0 Å². The lowest BCUT2D eigenvalue weighted by molar-refractivity contribution is 0.188. The van der Waals surface area contributed by atoms with Crippen LogP contribution in [0.3, 0.4) is 0 Å². The summed E-state index contributed by atoms with van der Waals surface area (Å²) in [7, 11) is 2.09. The van der Waals surface area contributed by atoms with Crippen molar-refractivity contribution in [3.8, 4) is 0 Å². The highest BCUT2D eigenvalue weighted by Gasteiger charge is 2.36. The summed E-state index contributed by atoms with van der Waals surface area (Å²) in [4.78, 5) is 0. The lowest BCUT2D eigenvalue weighted by Crippen LogP contribution is -2.36. The molecule has 0 radical (unpaired) electrons. The van der Waals surface area contributed by atoms with Crippen LogP contribution in [0.25, 0.3) is 0 Å². The molecule has 0 bridgehead atoms. The van der Waals surface area contributed by atoms with Crippen LogP contribution >= 0.6 is 0 Å². The maximum absolute atomic E-state index is 3.50. The number of hydrogen-bond acceptors (Lipinski definition) is 2. The van der Waals surface area contributed by atoms with Gasteiger partial charge in [0.1, 0.15) is 0 Å². The van der Waals surface area contributed by atoms with Crippen LogP contribution in [-0.2, 0) is 0 Å². The molecule has 1 aliphatic carbocycles. The van der Waals surface area contributed by atoms with E-state index in [4.69, 9.17) is 0 Å². The Hall–Kier alpha value is -0.0800. The monoisotopic (exact) mass is 168 g/mol. The molecular formula is C10H20N2. The SMILES string of the molecule is CNC1CCC2(CCNC2)CC1. The van der Waals surface area contributed by atoms with Crippen molar-refractivity contribution < 1.29 is 0 Å². The van der Waals surface area contributed by atoms with Crippen molar-refractivity contribution in [2.45, 2.75) is 38.1 Å². The zero-order valence-electron chi connectivity index (χ0n) is 8.03. The number of rotatable bonds is 1. The number of nitrogens with one attached hydrogen (secondary N) is 2. The summed E-state index contributed by atoms with van der Waals surface area (Å²) in [5, 5.41) is 6.89. The Labute approximate surface area is 75.1 Å². The molecule has 0 aromatic heterocycles. The molecule has 1 saturated carbocycles. The van der Waals surface area contributed by atoms with Crippen molar-refractivity contribution >= 4 is 0 Å². The fourth-order valence-corrected chi connectivity index (χ4v) is 2.74. The van der Waals surface area contributed by atoms with Gasteiger partial charge in [0.25, 0.3) is 0 Å². The van der Waals surface area contributed by atoms with Crippen LogP contribution in [-0.4, -0.2) is 26.2 Å². The minimum Gasteiger partial charge on any atom is -0.317 e. The van der Waals surface area contributed by atoms with E-state index in [9.17, 15) is 0 Å². The third-order valence-corrected chi connectivity index (χ3v) is 3.79. The van der Waals surface area contributed by atoms with Crippen LogP contribution in [0.2, 0.25) is 0 Å². The summed E-state index contributed by atoms with van der Waals surface area (Å²) < 4.78 is 0. The summed E-state index contributed by atoms with van der Waals surface area (Å²) in [6.07, 6.45) is 7.07. The largest absolute Gasteiger partial charge is 0.317 e. The highest BCUT2D eigenvalue weighted by atomic mass is 14.9. The molecular weight excluding hydrogens is 148 g/mol. The molecule has 1 heterocycles. The second-order valence-electron chi connectivity index (χ2n) is 4.49. The Morgan fingerprint density at radius 3 is 2.50 bits per heavy atom. The molecule has 2 aliphatic rings. The fourth-order valence-electron chi connectivity index (χ4n) is 2.74. The quantitative estimate of drug-likeness (QED) is 0.613. The predicted octanol–water partition coefficient (Wildman–Crippen LogP) is 1.13. The van der Waals surface area contributed by atoms with Crippen molar-refractivity contribution in [2.24, 2.45) is 5.41 Å². The van der Waals surface area contributed by atoms with E-state index in [0.717, 1.165) is 6.04 Å². The summed E-state index contributed by atoms with van der Waals surface area (Å²) in [5.74, 6) is 0. The van der Waals surface area contributed by atoms with Crippen molar-refractivity contribution in [1.82, 2.24) is 10.6 Å². The maximum atomic E-state index is 3.50. The van der Waals surface area contributed by atoms with E-state index >= 15 is 0 Å². The lowest BCUT2D eigenvalue weighted by atomic mass is 9.72. The van der Waals surface area contributed by atoms with Gasteiger partial charge in [-0.25, -0.2) is 0 Å². The van der Waals surface area contributed by atoms with Crippen molar-refractivity contribution in [2.75, 3.05) is 20.1 Å². The molecule has 0 amide bonds. The molecule has 2 fully saturated rings. The molecule has 0 atom stereocenters. The standard InChI is InChI=1S/C10H20N2/c1-11-9-2-4-10(5-3-9)6-7-12-8-10/h9,11-12H,2-8H2,1H3. The highest BCUT2D eigenvalue weighted by Crippen LogP contribution is 2.40. The van der Waals surface area contributed by atoms with E-state index in [0.29, 0.717) is 5.41 Å². The van der Waals surface area contributed by atoms with Crippen molar-refractivity contribution in [3.63, 3.8) is 0 Å². The van der Waals surface area contributed by atoms with Gasteiger partial charge in [0.15, 0.2) is 0 Å². The number of hydrogen-bond donors (Lipinski definition) is 2. The van der Waals surface area contributed by atoms with Gasteiger partial charge in [0, 0.05) is 12.6 Å². The first-order valence-electron chi connectivity index (χ1n) is 5.23. The van der Waals surface area contributed by atoms with Gasteiger partial charge < -0.3 is 10.6 Å². The van der Waals surface area contributed by atoms with Gasteiger partial charge in [-0.3, -0.25) is 0 Å². The Morgan fingerprint density at radius 2 is 2.00 bits per heavy atom. The third kappa shape index (κ3) is 1.50. The van der Waals surface area contributed by atoms with Crippen LogP contribution in [0.4, 0.5) is 0 Å². The summed E-state index contributed by atoms with van der Waals surface area (Å²) in [5.41, 5.74) is 0.702. The van der Waals surface area contributed by atoms with Crippen molar-refractivity contribution in [3.05, 3.63) is 0 Å². The summed E-state index contributed by atoms with van der Waals surface area (Å²) >= 11 is 0. The summed E-state index contributed by atoms with van der Waals surface area (Å²) in [6, 6.07) is 0.802. The molecule has 2 N–H and O–H groups in total. The topological polar surface area (TPSA) is 24.1 Å². The molecule has 2 nitrogen and oxygen atoms in total. The first-order chi connectivity index (χ1) is 5.85. The smallest absolute Gasteiger partial charge is 0.00644 e. The molecule has 70 valence electrons. The van der Waals surface area contributed by atoms with Gasteiger partial charge >= 0.3 is 0 Å². The maximum Gasteiger partial charge on any atom is 0.00644 e. The van der Waals surface area contributed by atoms with Gasteiger partial charge in [-0.15, -0.1) is 0 Å². The first kappa shape index (κ1) is 8.52. The van der Waals surface area contributed by atoms with Gasteiger partial charge in [0.05, 0.1) is 0 Å². The van der Waals surface area contributed by atoms with Gasteiger partial charge in [0.2, 0.25) is 0 Å². The van der Waals surface area contributed by atoms with E-state index in [-0.39, 0.29) is 0 Å². The van der Waals surface area contributed by atoms with Crippen LogP contribution in [0.5, 0.6) is 0 Å². The molecule has 0 aromatic carbocycles. The molecule has 12 heavy (non-hydrogen) atoms. The first-order valence-corrected chi connectivity index (χ1v) is 5.23. The van der Waals surface area contributed by atoms with Gasteiger partial charge in [-0.1, -0.05) is 0 Å². The second kappa shape index (κ2) is 3.35. The minimum atomic E-state index is 0.702. The molecule has 0 aromatic rings. The van der Waals surface area contributed by atoms with Gasteiger partial charge in [-0.2, -0.15) is 0 Å². The van der Waals surface area contributed by atoms with E-state index in [1.165, 1.54) is 45.2 Å². The van der Waals surface area contributed by atoms with E-state index < -0.39 is 0 Å². The van der Waals surface area contributed by atoms with Crippen LogP contribution in [0.1, 0.15) is 32.1 Å². The van der Waals surface area contributed by atoms with Crippen molar-refractivity contribution in [1.29, 1.82) is 0 Å². The Bertz CT molecular complexity index is 140. The Morgan fingerprint density at radius 1 is 1.25 bits per heavy atom. The Kier molecular flexibility index (Phi) is 2.37. The van der Waals surface area contributed by atoms with E-state index in [2.05, 4.69) is 17.7 Å². The van der Waals surface area contributed by atoms with Crippen LogP contribution in [0, 0.1) is 5.41 Å². The third-order valence-electron chi connectivity index (χ3n) is 3.79.